The molecule has 2 aromatic rings. The van der Waals surface area contributed by atoms with Gasteiger partial charge in [0.2, 0.25) is 0 Å². The third kappa shape index (κ3) is 2.40. The fourth-order valence-corrected chi connectivity index (χ4v) is 1.58. The van der Waals surface area contributed by atoms with Crippen molar-refractivity contribution in [1.29, 1.82) is 5.26 Å². The van der Waals surface area contributed by atoms with E-state index in [4.69, 9.17) is 11.0 Å². The molecule has 17 heavy (non-hydrogen) atoms. The second-order valence-corrected chi connectivity index (χ2v) is 3.80. The molecule has 0 unspecified atom stereocenters. The average molecular weight is 224 g/mol. The number of benzene rings is 1. The Balaban J connectivity index is 2.29. The van der Waals surface area contributed by atoms with Crippen LogP contribution in [0.15, 0.2) is 30.5 Å². The molecule has 1 heterocycles. The molecular formula is C13H12N4. The summed E-state index contributed by atoms with van der Waals surface area (Å²) in [5.41, 5.74) is 8.33. The molecular weight excluding hydrogens is 212 g/mol. The van der Waals surface area contributed by atoms with E-state index in [2.05, 4.69) is 9.97 Å². The Morgan fingerprint density at radius 1 is 1.35 bits per heavy atom. The SMILES string of the molecule is Cc1ccccc1Cc1ncc(C#N)c(N)n1. The molecule has 0 aliphatic heterocycles. The Labute approximate surface area is 99.8 Å². The maximum atomic E-state index is 8.73. The molecule has 84 valence electrons. The summed E-state index contributed by atoms with van der Waals surface area (Å²) in [5, 5.41) is 8.73. The van der Waals surface area contributed by atoms with Crippen molar-refractivity contribution < 1.29 is 0 Å². The van der Waals surface area contributed by atoms with Gasteiger partial charge in [0.25, 0.3) is 0 Å². The van der Waals surface area contributed by atoms with Gasteiger partial charge in [-0.25, -0.2) is 9.97 Å². The van der Waals surface area contributed by atoms with Crippen molar-refractivity contribution >= 4 is 5.82 Å². The number of hydrogen-bond acceptors (Lipinski definition) is 4. The van der Waals surface area contributed by atoms with Gasteiger partial charge in [-0.2, -0.15) is 5.26 Å². The predicted octanol–water partition coefficient (Wildman–Crippen LogP) is 1.83. The molecule has 2 rings (SSSR count). The van der Waals surface area contributed by atoms with Gasteiger partial charge in [-0.05, 0) is 18.1 Å². The summed E-state index contributed by atoms with van der Waals surface area (Å²) in [5.74, 6) is 0.877. The average Bonchev–Trinajstić information content (AvgIpc) is 2.32. The summed E-state index contributed by atoms with van der Waals surface area (Å²) in [6.07, 6.45) is 2.10. The molecule has 0 amide bonds. The minimum Gasteiger partial charge on any atom is -0.382 e. The number of nitriles is 1. The van der Waals surface area contributed by atoms with Crippen molar-refractivity contribution in [2.75, 3.05) is 5.73 Å². The minimum atomic E-state index is 0.242. The summed E-state index contributed by atoms with van der Waals surface area (Å²) >= 11 is 0. The second kappa shape index (κ2) is 4.62. The smallest absolute Gasteiger partial charge is 0.145 e. The maximum absolute atomic E-state index is 8.73. The maximum Gasteiger partial charge on any atom is 0.145 e. The van der Waals surface area contributed by atoms with Gasteiger partial charge < -0.3 is 5.73 Å². The van der Waals surface area contributed by atoms with E-state index >= 15 is 0 Å². The predicted molar refractivity (Wildman–Crippen MR) is 65.1 cm³/mol. The van der Waals surface area contributed by atoms with Crippen LogP contribution in [0.5, 0.6) is 0 Å². The minimum absolute atomic E-state index is 0.242. The Bertz CT molecular complexity index is 584. The van der Waals surface area contributed by atoms with E-state index in [0.29, 0.717) is 17.8 Å². The highest BCUT2D eigenvalue weighted by Gasteiger charge is 2.05. The fraction of sp³-hybridized carbons (Fsp3) is 0.154. The number of hydrogen-bond donors (Lipinski definition) is 1. The van der Waals surface area contributed by atoms with Crippen LogP contribution < -0.4 is 5.73 Å². The molecule has 0 saturated heterocycles. The Kier molecular flexibility index (Phi) is 3.01. The van der Waals surface area contributed by atoms with Gasteiger partial charge >= 0.3 is 0 Å². The summed E-state index contributed by atoms with van der Waals surface area (Å²) < 4.78 is 0. The number of aryl methyl sites for hydroxylation is 1. The van der Waals surface area contributed by atoms with E-state index in [1.165, 1.54) is 11.8 Å². The molecule has 0 spiro atoms. The molecule has 4 nitrogen and oxygen atoms in total. The van der Waals surface area contributed by atoms with E-state index in [0.717, 1.165) is 5.56 Å². The van der Waals surface area contributed by atoms with E-state index in [-0.39, 0.29) is 5.82 Å². The van der Waals surface area contributed by atoms with Crippen LogP contribution in [0.1, 0.15) is 22.5 Å². The lowest BCUT2D eigenvalue weighted by Crippen LogP contribution is -2.03. The molecule has 1 aromatic heterocycles. The molecule has 2 N–H and O–H groups in total. The molecule has 0 aliphatic carbocycles. The number of nitrogens with zero attached hydrogens (tertiary/aromatic N) is 3. The molecule has 4 heteroatoms. The van der Waals surface area contributed by atoms with Crippen molar-refractivity contribution in [3.05, 3.63) is 53.0 Å². The normalized spacial score (nSPS) is 9.88. The lowest BCUT2D eigenvalue weighted by molar-refractivity contribution is 0.962. The standard InChI is InChI=1S/C13H12N4/c1-9-4-2-3-5-10(9)6-12-16-8-11(7-14)13(15)17-12/h2-5,8H,6H2,1H3,(H2,15,16,17). The van der Waals surface area contributed by atoms with Crippen LogP contribution >= 0.6 is 0 Å². The Hall–Kier alpha value is -2.41. The first kappa shape index (κ1) is 11.1. The van der Waals surface area contributed by atoms with Crippen LogP contribution in [-0.2, 0) is 6.42 Å². The molecule has 0 saturated carbocycles. The summed E-state index contributed by atoms with van der Waals surface area (Å²) in [4.78, 5) is 8.26. The van der Waals surface area contributed by atoms with Gasteiger partial charge in [-0.1, -0.05) is 24.3 Å². The van der Waals surface area contributed by atoms with Crippen molar-refractivity contribution in [2.24, 2.45) is 0 Å². The lowest BCUT2D eigenvalue weighted by Gasteiger charge is -2.05. The number of anilines is 1. The van der Waals surface area contributed by atoms with Crippen LogP contribution in [-0.4, -0.2) is 9.97 Å². The Morgan fingerprint density at radius 3 is 2.76 bits per heavy atom. The van der Waals surface area contributed by atoms with E-state index in [9.17, 15) is 0 Å². The topological polar surface area (TPSA) is 75.6 Å². The summed E-state index contributed by atoms with van der Waals surface area (Å²) in [6.45, 7) is 2.04. The van der Waals surface area contributed by atoms with E-state index < -0.39 is 0 Å². The zero-order chi connectivity index (χ0) is 12.3. The van der Waals surface area contributed by atoms with Crippen molar-refractivity contribution in [3.8, 4) is 6.07 Å². The number of nitrogens with two attached hydrogens (primary N) is 1. The fourth-order valence-electron chi connectivity index (χ4n) is 1.58. The second-order valence-electron chi connectivity index (χ2n) is 3.80. The van der Waals surface area contributed by atoms with Crippen molar-refractivity contribution in [1.82, 2.24) is 9.97 Å². The monoisotopic (exact) mass is 224 g/mol. The van der Waals surface area contributed by atoms with Gasteiger partial charge in [0, 0.05) is 6.42 Å². The zero-order valence-electron chi connectivity index (χ0n) is 9.51. The van der Waals surface area contributed by atoms with Gasteiger partial charge in [-0.3, -0.25) is 0 Å². The van der Waals surface area contributed by atoms with E-state index in [1.807, 2.05) is 37.3 Å². The summed E-state index contributed by atoms with van der Waals surface area (Å²) in [7, 11) is 0. The number of rotatable bonds is 2. The van der Waals surface area contributed by atoms with Gasteiger partial charge in [0.15, 0.2) is 0 Å². The molecule has 0 atom stereocenters. The molecule has 0 bridgehead atoms. The van der Waals surface area contributed by atoms with Crippen LogP contribution in [0.25, 0.3) is 0 Å². The van der Waals surface area contributed by atoms with Crippen LogP contribution in [0.3, 0.4) is 0 Å². The van der Waals surface area contributed by atoms with Crippen LogP contribution in [0.4, 0.5) is 5.82 Å². The van der Waals surface area contributed by atoms with Gasteiger partial charge in [0.05, 0.1) is 6.20 Å². The number of aromatic nitrogens is 2. The number of nitrogen functional groups attached to an aromatic ring is 1. The molecule has 0 radical (unpaired) electrons. The summed E-state index contributed by atoms with van der Waals surface area (Å²) in [6, 6.07) is 10.0. The van der Waals surface area contributed by atoms with Crippen molar-refractivity contribution in [3.63, 3.8) is 0 Å². The molecule has 1 aromatic carbocycles. The largest absolute Gasteiger partial charge is 0.382 e. The highest BCUT2D eigenvalue weighted by molar-refractivity contribution is 5.46. The zero-order valence-corrected chi connectivity index (χ0v) is 9.51. The van der Waals surface area contributed by atoms with Crippen LogP contribution in [0.2, 0.25) is 0 Å². The molecule has 0 aliphatic rings. The first-order valence-electron chi connectivity index (χ1n) is 5.26. The van der Waals surface area contributed by atoms with Gasteiger partial charge in [0.1, 0.15) is 23.3 Å². The quantitative estimate of drug-likeness (QED) is 0.844. The van der Waals surface area contributed by atoms with Crippen LogP contribution in [0, 0.1) is 18.3 Å². The highest BCUT2D eigenvalue weighted by Crippen LogP contribution is 2.12. The first-order valence-corrected chi connectivity index (χ1v) is 5.26. The Morgan fingerprint density at radius 2 is 2.12 bits per heavy atom. The van der Waals surface area contributed by atoms with Gasteiger partial charge in [-0.15, -0.1) is 0 Å². The third-order valence-corrected chi connectivity index (χ3v) is 2.60. The lowest BCUT2D eigenvalue weighted by atomic mass is 10.1. The van der Waals surface area contributed by atoms with Crippen molar-refractivity contribution in [2.45, 2.75) is 13.3 Å². The first-order chi connectivity index (χ1) is 8.20. The highest BCUT2D eigenvalue weighted by atomic mass is 14.9. The molecule has 0 fully saturated rings. The third-order valence-electron chi connectivity index (χ3n) is 2.60. The van der Waals surface area contributed by atoms with E-state index in [1.54, 1.807) is 0 Å².